The first kappa shape index (κ1) is 32.1. The van der Waals surface area contributed by atoms with Crippen LogP contribution in [0.5, 0.6) is 11.5 Å². The maximum Gasteiger partial charge on any atom is 0.524 e. The van der Waals surface area contributed by atoms with E-state index < -0.39 is 37.6 Å². The van der Waals surface area contributed by atoms with E-state index in [-0.39, 0.29) is 17.7 Å². The van der Waals surface area contributed by atoms with Crippen LogP contribution in [0.15, 0.2) is 42.5 Å². The number of ether oxygens (including phenoxy) is 1. The van der Waals surface area contributed by atoms with Crippen molar-refractivity contribution in [3.63, 3.8) is 0 Å². The number of nitrogens with one attached hydrogen (secondary N) is 2. The van der Waals surface area contributed by atoms with Crippen molar-refractivity contribution in [2.75, 3.05) is 6.61 Å². The normalized spacial score (nSPS) is 15.4. The number of nitrogens with two attached hydrogens (primary N) is 1. The number of amides is 3. The average Bonchev–Trinajstić information content (AvgIpc) is 2.91. The van der Waals surface area contributed by atoms with Gasteiger partial charge in [-0.1, -0.05) is 50.8 Å². The number of benzene rings is 2. The molecule has 12 heteroatoms. The highest BCUT2D eigenvalue weighted by molar-refractivity contribution is 7.46. The summed E-state index contributed by atoms with van der Waals surface area (Å²) in [5.74, 6) is -0.578. The molecule has 1 saturated carbocycles. The van der Waals surface area contributed by atoms with Crippen LogP contribution in [0.3, 0.4) is 0 Å². The lowest BCUT2D eigenvalue weighted by molar-refractivity contribution is -0.128. The third-order valence-electron chi connectivity index (χ3n) is 7.05. The molecule has 0 aromatic heterocycles. The van der Waals surface area contributed by atoms with Gasteiger partial charge >= 0.3 is 7.82 Å². The molecule has 1 aliphatic rings. The molecule has 1 aliphatic carbocycles. The molecule has 11 nitrogen and oxygen atoms in total. The number of phosphoric acid groups is 1. The minimum Gasteiger partial charge on any atom is -0.492 e. The molecule has 0 spiro atoms. The standard InChI is InChI=1S/C29H40N3O8P/c1-3-7-25(22-12-15-27(24(17-22)28(30)34)39-18-21-8-5-4-6-9-21)32-29(35)26(31-19(2)33)16-20-10-13-23(14-11-20)40-41(36,37)38/h10-15,17,21,25-26H,3-9,16,18H2,1-2H3,(H2,30,34)(H,31,33)(H,32,35)(H2,36,37,38). The van der Waals surface area contributed by atoms with Crippen molar-refractivity contribution in [2.24, 2.45) is 11.7 Å². The van der Waals surface area contributed by atoms with Crippen LogP contribution in [0.1, 0.15) is 86.3 Å². The number of hydrogen-bond donors (Lipinski definition) is 5. The van der Waals surface area contributed by atoms with E-state index in [9.17, 15) is 18.9 Å². The molecule has 41 heavy (non-hydrogen) atoms. The van der Waals surface area contributed by atoms with Crippen LogP contribution in [0.2, 0.25) is 0 Å². The third-order valence-corrected chi connectivity index (χ3v) is 7.49. The highest BCUT2D eigenvalue weighted by atomic mass is 31.2. The summed E-state index contributed by atoms with van der Waals surface area (Å²) >= 11 is 0. The highest BCUT2D eigenvalue weighted by Gasteiger charge is 2.25. The van der Waals surface area contributed by atoms with Crippen molar-refractivity contribution < 1.29 is 38.0 Å². The van der Waals surface area contributed by atoms with Crippen molar-refractivity contribution in [3.05, 3.63) is 59.2 Å². The molecule has 0 aliphatic heterocycles. The van der Waals surface area contributed by atoms with Gasteiger partial charge in [0.15, 0.2) is 0 Å². The maximum atomic E-state index is 13.4. The van der Waals surface area contributed by atoms with E-state index in [4.69, 9.17) is 20.3 Å². The Morgan fingerprint density at radius 1 is 1.05 bits per heavy atom. The Bertz CT molecular complexity index is 1240. The van der Waals surface area contributed by atoms with Crippen LogP contribution >= 0.6 is 7.82 Å². The zero-order chi connectivity index (χ0) is 30.0. The fraction of sp³-hybridized carbons (Fsp3) is 0.483. The Labute approximate surface area is 240 Å². The largest absolute Gasteiger partial charge is 0.524 e. The lowest BCUT2D eigenvalue weighted by Gasteiger charge is -2.25. The molecule has 2 aromatic rings. The van der Waals surface area contributed by atoms with Gasteiger partial charge in [-0.25, -0.2) is 4.57 Å². The van der Waals surface area contributed by atoms with Gasteiger partial charge in [-0.2, -0.15) is 0 Å². The fourth-order valence-corrected chi connectivity index (χ4v) is 5.44. The summed E-state index contributed by atoms with van der Waals surface area (Å²) in [6, 6.07) is 9.69. The summed E-state index contributed by atoms with van der Waals surface area (Å²) in [4.78, 5) is 55.6. The van der Waals surface area contributed by atoms with Gasteiger partial charge in [0.05, 0.1) is 18.2 Å². The van der Waals surface area contributed by atoms with Gasteiger partial charge in [0.2, 0.25) is 11.8 Å². The predicted octanol–water partition coefficient (Wildman–Crippen LogP) is 3.92. The molecule has 6 N–H and O–H groups in total. The zero-order valence-electron chi connectivity index (χ0n) is 23.5. The summed E-state index contributed by atoms with van der Waals surface area (Å²) in [5, 5.41) is 5.66. The van der Waals surface area contributed by atoms with E-state index in [0.29, 0.717) is 35.8 Å². The van der Waals surface area contributed by atoms with Gasteiger partial charge in [-0.15, -0.1) is 0 Å². The monoisotopic (exact) mass is 589 g/mol. The molecule has 0 saturated heterocycles. The minimum atomic E-state index is -4.70. The van der Waals surface area contributed by atoms with Gasteiger partial charge < -0.3 is 25.6 Å². The number of hydrogen-bond acceptors (Lipinski definition) is 6. The lowest BCUT2D eigenvalue weighted by atomic mass is 9.90. The molecule has 3 rings (SSSR count). The van der Waals surface area contributed by atoms with Gasteiger partial charge in [-0.05, 0) is 60.6 Å². The van der Waals surface area contributed by atoms with Crippen LogP contribution in [0.25, 0.3) is 0 Å². The summed E-state index contributed by atoms with van der Waals surface area (Å²) in [6.07, 6.45) is 7.27. The van der Waals surface area contributed by atoms with Crippen molar-refractivity contribution in [2.45, 2.75) is 77.3 Å². The molecule has 2 aromatic carbocycles. The van der Waals surface area contributed by atoms with Crippen molar-refractivity contribution >= 4 is 25.5 Å². The maximum absolute atomic E-state index is 13.4. The van der Waals surface area contributed by atoms with E-state index in [1.165, 1.54) is 38.3 Å². The summed E-state index contributed by atoms with van der Waals surface area (Å²) < 4.78 is 21.6. The molecule has 3 amide bonds. The van der Waals surface area contributed by atoms with E-state index in [0.717, 1.165) is 19.3 Å². The molecule has 0 radical (unpaired) electrons. The Kier molecular flexibility index (Phi) is 11.8. The topological polar surface area (TPSA) is 177 Å². The van der Waals surface area contributed by atoms with Gasteiger partial charge in [-0.3, -0.25) is 24.2 Å². The Morgan fingerprint density at radius 2 is 1.73 bits per heavy atom. The zero-order valence-corrected chi connectivity index (χ0v) is 24.4. The van der Waals surface area contributed by atoms with E-state index in [2.05, 4.69) is 15.2 Å². The second kappa shape index (κ2) is 15.0. The smallest absolute Gasteiger partial charge is 0.492 e. The van der Waals surface area contributed by atoms with Gasteiger partial charge in [0, 0.05) is 13.3 Å². The number of phosphoric ester groups is 1. The first-order valence-corrected chi connectivity index (χ1v) is 15.5. The quantitative estimate of drug-likeness (QED) is 0.206. The molecular formula is C29H40N3O8P. The number of carbonyl (C=O) groups excluding carboxylic acids is 3. The fourth-order valence-electron chi connectivity index (χ4n) is 5.04. The first-order valence-electron chi connectivity index (χ1n) is 13.9. The van der Waals surface area contributed by atoms with E-state index in [1.54, 1.807) is 24.3 Å². The summed E-state index contributed by atoms with van der Waals surface area (Å²) in [7, 11) is -4.70. The Morgan fingerprint density at radius 3 is 2.32 bits per heavy atom. The first-order chi connectivity index (χ1) is 19.4. The molecular weight excluding hydrogens is 549 g/mol. The molecule has 2 atom stereocenters. The second-order valence-electron chi connectivity index (χ2n) is 10.5. The summed E-state index contributed by atoms with van der Waals surface area (Å²) in [6.45, 7) is 3.81. The Balaban J connectivity index is 1.75. The predicted molar refractivity (Wildman–Crippen MR) is 153 cm³/mol. The van der Waals surface area contributed by atoms with Crippen LogP contribution in [-0.2, 0) is 20.6 Å². The third kappa shape index (κ3) is 10.5. The van der Waals surface area contributed by atoms with E-state index >= 15 is 0 Å². The van der Waals surface area contributed by atoms with Gasteiger partial charge in [0.25, 0.3) is 5.91 Å². The van der Waals surface area contributed by atoms with Crippen LogP contribution < -0.4 is 25.6 Å². The van der Waals surface area contributed by atoms with Crippen molar-refractivity contribution in [1.29, 1.82) is 0 Å². The lowest BCUT2D eigenvalue weighted by Crippen LogP contribution is -2.48. The molecule has 0 heterocycles. The Hall–Kier alpha value is -3.40. The van der Waals surface area contributed by atoms with E-state index in [1.807, 2.05) is 13.0 Å². The molecule has 0 bridgehead atoms. The van der Waals surface area contributed by atoms with Crippen molar-refractivity contribution in [1.82, 2.24) is 10.6 Å². The number of rotatable bonds is 14. The minimum absolute atomic E-state index is 0.0259. The summed E-state index contributed by atoms with van der Waals surface area (Å²) in [5.41, 5.74) is 7.28. The second-order valence-corrected chi connectivity index (χ2v) is 11.6. The number of carbonyl (C=O) groups is 3. The molecule has 224 valence electrons. The number of primary amides is 1. The molecule has 2 unspecified atom stereocenters. The average molecular weight is 590 g/mol. The van der Waals surface area contributed by atoms with Gasteiger partial charge in [0.1, 0.15) is 17.5 Å². The van der Waals surface area contributed by atoms with Crippen molar-refractivity contribution in [3.8, 4) is 11.5 Å². The van der Waals surface area contributed by atoms with Crippen LogP contribution in [0, 0.1) is 5.92 Å². The molecule has 1 fully saturated rings. The van der Waals surface area contributed by atoms with Crippen LogP contribution in [0.4, 0.5) is 0 Å². The highest BCUT2D eigenvalue weighted by Crippen LogP contribution is 2.37. The SMILES string of the molecule is CCCC(NC(=O)C(Cc1ccc(OP(=O)(O)O)cc1)NC(C)=O)c1ccc(OCC2CCCCC2)c(C(N)=O)c1. The van der Waals surface area contributed by atoms with Crippen LogP contribution in [-0.4, -0.2) is 40.2 Å².